The fourth-order valence-electron chi connectivity index (χ4n) is 6.20. The molecule has 1 heterocycles. The van der Waals surface area contributed by atoms with E-state index in [-0.39, 0.29) is 5.56 Å². The summed E-state index contributed by atoms with van der Waals surface area (Å²) in [7, 11) is 0. The summed E-state index contributed by atoms with van der Waals surface area (Å²) in [6.45, 7) is 0. The predicted molar refractivity (Wildman–Crippen MR) is 170 cm³/mol. The number of nitrogens with zero attached hydrogens (tertiary/aromatic N) is 1. The molecule has 0 aliphatic heterocycles. The van der Waals surface area contributed by atoms with Crippen LogP contribution in [0.25, 0.3) is 76.9 Å². The van der Waals surface area contributed by atoms with Crippen LogP contribution in [-0.4, -0.2) is 0 Å². The number of fused-ring (bicyclic) bond motifs is 5. The Morgan fingerprint density at radius 2 is 1.14 bits per heavy atom. The highest BCUT2D eigenvalue weighted by molar-refractivity contribution is 6.18. The number of nitriles is 1. The van der Waals surface area contributed by atoms with Crippen molar-refractivity contribution in [2.45, 2.75) is 0 Å². The van der Waals surface area contributed by atoms with Crippen molar-refractivity contribution < 1.29 is 8.81 Å². The standard InChI is InChI=1S/C39H22FNO/c40-36-22-27(15-16-28(36)23-41)29-17-19-33(32-10-4-3-9-31(29)32)34-20-18-30(26-14-13-24-7-1-2-8-25(24)21-26)38-35-11-5-6-12-37(35)42-39(34)38/h1-22H. The molecule has 0 aliphatic rings. The van der Waals surface area contributed by atoms with E-state index in [0.29, 0.717) is 0 Å². The molecule has 0 aliphatic carbocycles. The molecule has 0 fully saturated rings. The van der Waals surface area contributed by atoms with Crippen LogP contribution in [0.5, 0.6) is 0 Å². The molecule has 42 heavy (non-hydrogen) atoms. The van der Waals surface area contributed by atoms with Crippen LogP contribution in [-0.2, 0) is 0 Å². The fraction of sp³-hybridized carbons (Fsp3) is 0. The molecule has 1 aromatic heterocycles. The van der Waals surface area contributed by atoms with Gasteiger partial charge in [-0.05, 0) is 79.7 Å². The minimum atomic E-state index is -0.517. The molecular weight excluding hydrogens is 517 g/mol. The highest BCUT2D eigenvalue weighted by atomic mass is 19.1. The summed E-state index contributed by atoms with van der Waals surface area (Å²) in [6, 6.07) is 46.5. The third kappa shape index (κ3) is 3.70. The summed E-state index contributed by atoms with van der Waals surface area (Å²) in [4.78, 5) is 0. The summed E-state index contributed by atoms with van der Waals surface area (Å²) in [6.07, 6.45) is 0. The maximum Gasteiger partial charge on any atom is 0.143 e. The molecule has 0 atom stereocenters. The Morgan fingerprint density at radius 3 is 1.95 bits per heavy atom. The number of hydrogen-bond donors (Lipinski definition) is 0. The van der Waals surface area contributed by atoms with Gasteiger partial charge in [0.15, 0.2) is 0 Å². The van der Waals surface area contributed by atoms with Crippen molar-refractivity contribution in [3.8, 4) is 39.4 Å². The molecule has 8 rings (SSSR count). The maximum atomic E-state index is 14.6. The van der Waals surface area contributed by atoms with E-state index in [0.717, 1.165) is 66.1 Å². The summed E-state index contributed by atoms with van der Waals surface area (Å²) in [5.41, 5.74) is 7.66. The van der Waals surface area contributed by atoms with E-state index < -0.39 is 5.82 Å². The summed E-state index contributed by atoms with van der Waals surface area (Å²) < 4.78 is 21.2. The van der Waals surface area contributed by atoms with Gasteiger partial charge >= 0.3 is 0 Å². The van der Waals surface area contributed by atoms with E-state index in [4.69, 9.17) is 4.42 Å². The topological polar surface area (TPSA) is 36.9 Å². The van der Waals surface area contributed by atoms with Crippen LogP contribution < -0.4 is 0 Å². The number of rotatable bonds is 3. The SMILES string of the molecule is N#Cc1ccc(-c2ccc(-c3ccc(-c4ccc5ccccc5c4)c4c3oc3ccccc34)c3ccccc23)cc1F. The molecule has 2 nitrogen and oxygen atoms in total. The number of benzene rings is 7. The van der Waals surface area contributed by atoms with Crippen molar-refractivity contribution in [2.75, 3.05) is 0 Å². The zero-order valence-corrected chi connectivity index (χ0v) is 22.4. The summed E-state index contributed by atoms with van der Waals surface area (Å²) in [5.74, 6) is -0.517. The third-order valence-corrected chi connectivity index (χ3v) is 8.20. The first kappa shape index (κ1) is 24.1. The van der Waals surface area contributed by atoms with Crippen LogP contribution in [0.2, 0.25) is 0 Å². The van der Waals surface area contributed by atoms with E-state index in [9.17, 15) is 9.65 Å². The Hall–Kier alpha value is -5.72. The van der Waals surface area contributed by atoms with E-state index in [1.54, 1.807) is 6.07 Å². The van der Waals surface area contributed by atoms with Gasteiger partial charge in [-0.1, -0.05) is 103 Å². The quantitative estimate of drug-likeness (QED) is 0.224. The van der Waals surface area contributed by atoms with Crippen molar-refractivity contribution in [1.29, 1.82) is 5.26 Å². The lowest BCUT2D eigenvalue weighted by Crippen LogP contribution is -1.90. The lowest BCUT2D eigenvalue weighted by atomic mass is 9.89. The van der Waals surface area contributed by atoms with Crippen molar-refractivity contribution in [1.82, 2.24) is 0 Å². The molecule has 0 radical (unpaired) electrons. The predicted octanol–water partition coefficient (Wildman–Crippen LogP) is 10.9. The molecule has 7 aromatic carbocycles. The van der Waals surface area contributed by atoms with Gasteiger partial charge in [-0.3, -0.25) is 0 Å². The summed E-state index contributed by atoms with van der Waals surface area (Å²) in [5, 5.41) is 15.8. The zero-order chi connectivity index (χ0) is 28.2. The Kier molecular flexibility index (Phi) is 5.42. The second kappa shape index (κ2) is 9.44. The molecular formula is C39H22FNO. The number of furan rings is 1. The molecule has 196 valence electrons. The van der Waals surface area contributed by atoms with Gasteiger partial charge in [0.05, 0.1) is 5.56 Å². The van der Waals surface area contributed by atoms with E-state index >= 15 is 0 Å². The molecule has 0 saturated heterocycles. The molecule has 0 amide bonds. The molecule has 0 bridgehead atoms. The van der Waals surface area contributed by atoms with Crippen molar-refractivity contribution in [3.63, 3.8) is 0 Å². The lowest BCUT2D eigenvalue weighted by Gasteiger charge is -2.14. The minimum Gasteiger partial charge on any atom is -0.455 e. The minimum absolute atomic E-state index is 0.0402. The van der Waals surface area contributed by atoms with Crippen LogP contribution in [0.15, 0.2) is 138 Å². The largest absolute Gasteiger partial charge is 0.455 e. The molecule has 0 saturated carbocycles. The van der Waals surface area contributed by atoms with E-state index in [1.807, 2.05) is 36.4 Å². The van der Waals surface area contributed by atoms with Crippen LogP contribution in [0.4, 0.5) is 4.39 Å². The zero-order valence-electron chi connectivity index (χ0n) is 22.4. The Bertz CT molecular complexity index is 2390. The average Bonchev–Trinajstić information content (AvgIpc) is 3.43. The van der Waals surface area contributed by atoms with E-state index in [1.165, 1.54) is 22.9 Å². The second-order valence-electron chi connectivity index (χ2n) is 10.5. The Balaban J connectivity index is 1.39. The second-order valence-corrected chi connectivity index (χ2v) is 10.5. The Morgan fingerprint density at radius 1 is 0.524 bits per heavy atom. The average molecular weight is 540 g/mol. The normalized spacial score (nSPS) is 11.4. The molecule has 8 aromatic rings. The van der Waals surface area contributed by atoms with Crippen molar-refractivity contribution in [3.05, 3.63) is 145 Å². The van der Waals surface area contributed by atoms with Gasteiger partial charge in [0.2, 0.25) is 0 Å². The van der Waals surface area contributed by atoms with Gasteiger partial charge < -0.3 is 4.42 Å². The van der Waals surface area contributed by atoms with Crippen LogP contribution >= 0.6 is 0 Å². The number of halogens is 1. The van der Waals surface area contributed by atoms with Crippen LogP contribution in [0.1, 0.15) is 5.56 Å². The van der Waals surface area contributed by atoms with E-state index in [2.05, 4.69) is 84.9 Å². The van der Waals surface area contributed by atoms with Gasteiger partial charge in [0.25, 0.3) is 0 Å². The molecule has 0 N–H and O–H groups in total. The Labute approximate surface area is 241 Å². The van der Waals surface area contributed by atoms with Gasteiger partial charge in [0, 0.05) is 16.3 Å². The lowest BCUT2D eigenvalue weighted by molar-refractivity contribution is 0.624. The van der Waals surface area contributed by atoms with Gasteiger partial charge in [0.1, 0.15) is 23.1 Å². The van der Waals surface area contributed by atoms with Crippen LogP contribution in [0.3, 0.4) is 0 Å². The highest BCUT2D eigenvalue weighted by Crippen LogP contribution is 2.44. The van der Waals surface area contributed by atoms with Gasteiger partial charge in [-0.15, -0.1) is 0 Å². The highest BCUT2D eigenvalue weighted by Gasteiger charge is 2.19. The monoisotopic (exact) mass is 539 g/mol. The molecule has 0 spiro atoms. The third-order valence-electron chi connectivity index (χ3n) is 8.20. The maximum absolute atomic E-state index is 14.6. The van der Waals surface area contributed by atoms with Gasteiger partial charge in [-0.2, -0.15) is 5.26 Å². The number of para-hydroxylation sites is 1. The first-order valence-electron chi connectivity index (χ1n) is 13.9. The summed E-state index contributed by atoms with van der Waals surface area (Å²) >= 11 is 0. The first-order chi connectivity index (χ1) is 20.7. The fourth-order valence-corrected chi connectivity index (χ4v) is 6.20. The molecule has 0 unspecified atom stereocenters. The van der Waals surface area contributed by atoms with Gasteiger partial charge in [-0.25, -0.2) is 4.39 Å². The first-order valence-corrected chi connectivity index (χ1v) is 13.9. The van der Waals surface area contributed by atoms with Crippen molar-refractivity contribution >= 4 is 43.5 Å². The van der Waals surface area contributed by atoms with Crippen molar-refractivity contribution in [2.24, 2.45) is 0 Å². The smallest absolute Gasteiger partial charge is 0.143 e. The number of hydrogen-bond acceptors (Lipinski definition) is 2. The molecule has 3 heteroatoms. The van der Waals surface area contributed by atoms with Crippen LogP contribution in [0, 0.1) is 17.1 Å².